The Labute approximate surface area is 363 Å². The maximum Gasteiger partial charge on any atom is 0.145 e. The molecule has 0 unspecified atom stereocenters. The van der Waals surface area contributed by atoms with Crippen LogP contribution in [0.25, 0.3) is 97.0 Å². The van der Waals surface area contributed by atoms with Gasteiger partial charge >= 0.3 is 0 Å². The Kier molecular flexibility index (Phi) is 7.56. The van der Waals surface area contributed by atoms with Crippen molar-refractivity contribution in [1.29, 1.82) is 0 Å². The number of anilines is 3. The van der Waals surface area contributed by atoms with Crippen LogP contribution < -0.4 is 4.90 Å². The minimum Gasteiger partial charge on any atom is -0.455 e. The molecule has 0 radical (unpaired) electrons. The third-order valence-corrected chi connectivity index (χ3v) is 14.7. The molecule has 13 rings (SSSR count). The zero-order valence-electron chi connectivity index (χ0n) is 34.3. The average Bonchev–Trinajstić information content (AvgIpc) is 3.98. The van der Waals surface area contributed by atoms with Gasteiger partial charge in [-0.1, -0.05) is 172 Å². The Bertz CT molecular complexity index is 3780. The smallest absolute Gasteiger partial charge is 0.145 e. The van der Waals surface area contributed by atoms with Crippen LogP contribution >= 0.6 is 11.3 Å². The molecule has 0 spiro atoms. The van der Waals surface area contributed by atoms with Gasteiger partial charge < -0.3 is 9.32 Å². The summed E-state index contributed by atoms with van der Waals surface area (Å²) in [5.41, 5.74) is 14.8. The summed E-state index contributed by atoms with van der Waals surface area (Å²) >= 11 is 1.88. The fraction of sp³-hybridized carbons (Fsp3) is 0.0508. The van der Waals surface area contributed by atoms with Crippen molar-refractivity contribution >= 4 is 92.1 Å². The highest BCUT2D eigenvalue weighted by molar-refractivity contribution is 7.26. The van der Waals surface area contributed by atoms with Crippen molar-refractivity contribution in [3.63, 3.8) is 0 Å². The Morgan fingerprint density at radius 3 is 1.87 bits per heavy atom. The summed E-state index contributed by atoms with van der Waals surface area (Å²) in [4.78, 5) is 2.45. The van der Waals surface area contributed by atoms with Crippen LogP contribution in [0.3, 0.4) is 0 Å². The van der Waals surface area contributed by atoms with E-state index in [2.05, 4.69) is 219 Å². The number of hydrogen-bond donors (Lipinski definition) is 0. The Morgan fingerprint density at radius 2 is 1.05 bits per heavy atom. The third-order valence-electron chi connectivity index (χ3n) is 13.5. The highest BCUT2D eigenvalue weighted by atomic mass is 32.1. The highest BCUT2D eigenvalue weighted by Gasteiger charge is 2.36. The van der Waals surface area contributed by atoms with Crippen LogP contribution in [0, 0.1) is 0 Å². The van der Waals surface area contributed by atoms with Gasteiger partial charge in [0.15, 0.2) is 0 Å². The van der Waals surface area contributed by atoms with E-state index in [1.807, 2.05) is 11.3 Å². The minimum absolute atomic E-state index is 0.159. The molecule has 2 nitrogen and oxygen atoms in total. The van der Waals surface area contributed by atoms with Gasteiger partial charge in [-0.05, 0) is 97.6 Å². The van der Waals surface area contributed by atoms with Gasteiger partial charge in [0, 0.05) is 58.7 Å². The number of benzene rings is 10. The van der Waals surface area contributed by atoms with Crippen molar-refractivity contribution < 1.29 is 4.42 Å². The topological polar surface area (TPSA) is 16.4 Å². The first kappa shape index (κ1) is 35.3. The van der Waals surface area contributed by atoms with E-state index in [0.717, 1.165) is 55.5 Å². The molecular formula is C59H39NOS. The van der Waals surface area contributed by atoms with E-state index < -0.39 is 0 Å². The fourth-order valence-electron chi connectivity index (χ4n) is 10.6. The molecule has 2 aromatic heterocycles. The molecule has 0 fully saturated rings. The molecule has 0 aliphatic heterocycles. The lowest BCUT2D eigenvalue weighted by Gasteiger charge is -2.30. The van der Waals surface area contributed by atoms with Gasteiger partial charge in [-0.25, -0.2) is 0 Å². The van der Waals surface area contributed by atoms with E-state index in [0.29, 0.717) is 0 Å². The monoisotopic (exact) mass is 809 g/mol. The van der Waals surface area contributed by atoms with Crippen LogP contribution in [0.5, 0.6) is 0 Å². The third kappa shape index (κ3) is 5.03. The molecule has 3 heteroatoms. The number of rotatable bonds is 5. The van der Waals surface area contributed by atoms with Crippen molar-refractivity contribution in [2.45, 2.75) is 19.3 Å². The van der Waals surface area contributed by atoms with Gasteiger partial charge in [0.2, 0.25) is 0 Å². The van der Waals surface area contributed by atoms with Gasteiger partial charge in [-0.3, -0.25) is 0 Å². The van der Waals surface area contributed by atoms with E-state index in [-0.39, 0.29) is 5.41 Å². The summed E-state index contributed by atoms with van der Waals surface area (Å²) in [6, 6.07) is 73.5. The molecular weight excluding hydrogens is 771 g/mol. The second-order valence-corrected chi connectivity index (χ2v) is 18.2. The summed E-state index contributed by atoms with van der Waals surface area (Å²) in [6.07, 6.45) is 0. The number of thiophene rings is 1. The number of hydrogen-bond acceptors (Lipinski definition) is 3. The lowest BCUT2D eigenvalue weighted by atomic mass is 9.82. The molecule has 0 atom stereocenters. The summed E-state index contributed by atoms with van der Waals surface area (Å²) < 4.78 is 9.92. The maximum absolute atomic E-state index is 7.29. The van der Waals surface area contributed by atoms with Crippen molar-refractivity contribution in [3.8, 4) is 33.4 Å². The first-order valence-electron chi connectivity index (χ1n) is 21.4. The van der Waals surface area contributed by atoms with Crippen LogP contribution in [0.15, 0.2) is 205 Å². The van der Waals surface area contributed by atoms with Crippen molar-refractivity contribution in [3.05, 3.63) is 211 Å². The summed E-state index contributed by atoms with van der Waals surface area (Å²) in [5.74, 6) is 0. The molecule has 0 saturated heterocycles. The summed E-state index contributed by atoms with van der Waals surface area (Å²) in [5, 5.41) is 9.65. The number of furan rings is 1. The van der Waals surface area contributed by atoms with Crippen LogP contribution in [-0.2, 0) is 5.41 Å². The molecule has 1 aliphatic rings. The first-order valence-corrected chi connectivity index (χ1v) is 22.2. The van der Waals surface area contributed by atoms with E-state index in [1.54, 1.807) is 0 Å². The van der Waals surface area contributed by atoms with Gasteiger partial charge in [-0.2, -0.15) is 0 Å². The largest absolute Gasteiger partial charge is 0.455 e. The van der Waals surface area contributed by atoms with Crippen molar-refractivity contribution in [2.24, 2.45) is 0 Å². The van der Waals surface area contributed by atoms with Crippen LogP contribution in [0.1, 0.15) is 25.0 Å². The molecule has 292 valence electrons. The minimum atomic E-state index is -0.159. The molecule has 12 aromatic rings. The quantitative estimate of drug-likeness (QED) is 0.161. The molecule has 2 heterocycles. The average molecular weight is 810 g/mol. The van der Waals surface area contributed by atoms with E-state index in [4.69, 9.17) is 4.42 Å². The van der Waals surface area contributed by atoms with E-state index in [9.17, 15) is 0 Å². The van der Waals surface area contributed by atoms with E-state index >= 15 is 0 Å². The van der Waals surface area contributed by atoms with Gasteiger partial charge in [0.05, 0.1) is 5.69 Å². The molecule has 10 aromatic carbocycles. The molecule has 0 amide bonds. The molecule has 0 N–H and O–H groups in total. The molecule has 62 heavy (non-hydrogen) atoms. The number of fused-ring (bicyclic) bond motifs is 14. The van der Waals surface area contributed by atoms with E-state index in [1.165, 1.54) is 69.7 Å². The Hall–Kier alpha value is -7.46. The Balaban J connectivity index is 1.08. The van der Waals surface area contributed by atoms with Crippen LogP contribution in [0.4, 0.5) is 17.1 Å². The van der Waals surface area contributed by atoms with Crippen LogP contribution in [0.2, 0.25) is 0 Å². The molecule has 1 aliphatic carbocycles. The predicted octanol–water partition coefficient (Wildman–Crippen LogP) is 17.4. The highest BCUT2D eigenvalue weighted by Crippen LogP contribution is 2.53. The predicted molar refractivity (Wildman–Crippen MR) is 265 cm³/mol. The van der Waals surface area contributed by atoms with Crippen molar-refractivity contribution in [1.82, 2.24) is 0 Å². The molecule has 0 bridgehead atoms. The first-order chi connectivity index (χ1) is 30.5. The fourth-order valence-corrected chi connectivity index (χ4v) is 11.8. The lowest BCUT2D eigenvalue weighted by molar-refractivity contribution is 0.660. The summed E-state index contributed by atoms with van der Waals surface area (Å²) in [6.45, 7) is 4.72. The standard InChI is InChI=1S/C59H39NOS/c1-59(2)50-25-12-10-19-43(50)44-32-31-39(35-51(44)59)60(38-29-27-36(28-30-38)40-23-14-24-48-45-20-11-13-26-53(45)62-58(40)48)52-34-33-49-55-46-21-8-6-17-41(46)42-18-7-9-22-47(42)56(55)61-57(49)54(52)37-15-4-3-5-16-37/h3-35H,1-2H3. The maximum atomic E-state index is 7.29. The SMILES string of the molecule is CC1(C)c2ccccc2-c2ccc(N(c3ccc(-c4cccc5c4sc4ccccc45)cc3)c3ccc4c(oc5c6ccccc6c6ccccc6c45)c3-c3ccccc3)cc21. The van der Waals surface area contributed by atoms with Crippen molar-refractivity contribution in [2.75, 3.05) is 4.90 Å². The second kappa shape index (κ2) is 13.3. The second-order valence-electron chi connectivity index (χ2n) is 17.2. The zero-order valence-corrected chi connectivity index (χ0v) is 35.1. The number of nitrogens with zero attached hydrogens (tertiary/aromatic N) is 1. The Morgan fingerprint density at radius 1 is 0.419 bits per heavy atom. The van der Waals surface area contributed by atoms with Gasteiger partial charge in [0.1, 0.15) is 11.2 Å². The van der Waals surface area contributed by atoms with Gasteiger partial charge in [0.25, 0.3) is 0 Å². The normalized spacial score (nSPS) is 13.1. The lowest BCUT2D eigenvalue weighted by Crippen LogP contribution is -2.17. The van der Waals surface area contributed by atoms with Gasteiger partial charge in [-0.15, -0.1) is 11.3 Å². The zero-order chi connectivity index (χ0) is 41.1. The van der Waals surface area contributed by atoms with Crippen LogP contribution in [-0.4, -0.2) is 0 Å². The molecule has 0 saturated carbocycles. The summed E-state index contributed by atoms with van der Waals surface area (Å²) in [7, 11) is 0.